The highest BCUT2D eigenvalue weighted by molar-refractivity contribution is 5.80. The minimum atomic E-state index is -0.484. The molecule has 0 bridgehead atoms. The zero-order chi connectivity index (χ0) is 21.6. The van der Waals surface area contributed by atoms with Crippen LogP contribution in [0.4, 0.5) is 16.4 Å². The standard InChI is InChI=1S/C23H24N6O2/c1-16-12-24-22(26-19-10-6-3-7-11-19)28-21(16)18-13-25-29(14-18)23(31)27-20(15-30)17-8-4-2-5-9-17/h2-13,20,25,30H,14-15H2,1H3,(H,27,31)(H,24,26,28). The lowest BCUT2D eigenvalue weighted by molar-refractivity contribution is 0.179. The second-order valence-electron chi connectivity index (χ2n) is 7.20. The molecule has 2 amide bonds. The summed E-state index contributed by atoms with van der Waals surface area (Å²) in [6, 6.07) is 18.3. The van der Waals surface area contributed by atoms with Gasteiger partial charge in [0, 0.05) is 23.7 Å². The lowest BCUT2D eigenvalue weighted by atomic mass is 10.1. The van der Waals surface area contributed by atoms with E-state index < -0.39 is 6.04 Å². The predicted molar refractivity (Wildman–Crippen MR) is 119 cm³/mol. The third-order valence-electron chi connectivity index (χ3n) is 4.96. The van der Waals surface area contributed by atoms with E-state index in [1.54, 1.807) is 12.4 Å². The first kappa shape index (κ1) is 20.4. The zero-order valence-electron chi connectivity index (χ0n) is 17.1. The molecule has 0 aliphatic carbocycles. The molecule has 31 heavy (non-hydrogen) atoms. The van der Waals surface area contributed by atoms with Crippen LogP contribution in [-0.4, -0.2) is 39.3 Å². The molecular formula is C23H24N6O2. The lowest BCUT2D eigenvalue weighted by Gasteiger charge is -2.22. The molecular weight excluding hydrogens is 392 g/mol. The Kier molecular flexibility index (Phi) is 6.09. The first-order chi connectivity index (χ1) is 15.1. The number of amides is 2. The number of anilines is 2. The fraction of sp³-hybridized carbons (Fsp3) is 0.174. The number of benzene rings is 2. The number of para-hydroxylation sites is 1. The van der Waals surface area contributed by atoms with E-state index in [1.807, 2.05) is 67.6 Å². The Morgan fingerprint density at radius 1 is 1.16 bits per heavy atom. The molecule has 1 aliphatic rings. The Labute approximate surface area is 180 Å². The topological polar surface area (TPSA) is 102 Å². The molecule has 1 aliphatic heterocycles. The van der Waals surface area contributed by atoms with Gasteiger partial charge in [-0.1, -0.05) is 48.5 Å². The van der Waals surface area contributed by atoms with Gasteiger partial charge in [-0.2, -0.15) is 0 Å². The smallest absolute Gasteiger partial charge is 0.336 e. The Hall–Kier alpha value is -3.91. The van der Waals surface area contributed by atoms with Crippen LogP contribution >= 0.6 is 0 Å². The number of carbonyl (C=O) groups is 1. The van der Waals surface area contributed by atoms with E-state index in [1.165, 1.54) is 5.01 Å². The maximum Gasteiger partial charge on any atom is 0.336 e. The molecule has 4 N–H and O–H groups in total. The minimum Gasteiger partial charge on any atom is -0.394 e. The fourth-order valence-electron chi connectivity index (χ4n) is 3.32. The number of nitrogens with zero attached hydrogens (tertiary/aromatic N) is 3. The molecule has 0 radical (unpaired) electrons. The largest absolute Gasteiger partial charge is 0.394 e. The summed E-state index contributed by atoms with van der Waals surface area (Å²) in [5.74, 6) is 0.486. The summed E-state index contributed by atoms with van der Waals surface area (Å²) < 4.78 is 0. The van der Waals surface area contributed by atoms with Gasteiger partial charge in [-0.25, -0.2) is 19.8 Å². The summed E-state index contributed by atoms with van der Waals surface area (Å²) in [6.45, 7) is 2.08. The van der Waals surface area contributed by atoms with E-state index >= 15 is 0 Å². The number of aliphatic hydroxyl groups is 1. The van der Waals surface area contributed by atoms with Crippen LogP contribution in [0, 0.1) is 6.92 Å². The number of nitrogens with one attached hydrogen (secondary N) is 3. The molecule has 2 heterocycles. The van der Waals surface area contributed by atoms with Crippen molar-refractivity contribution in [2.24, 2.45) is 0 Å². The van der Waals surface area contributed by atoms with Crippen LogP contribution < -0.4 is 16.1 Å². The number of hydrazine groups is 1. The molecule has 3 aromatic rings. The highest BCUT2D eigenvalue weighted by Gasteiger charge is 2.25. The number of carbonyl (C=O) groups excluding carboxylic acids is 1. The van der Waals surface area contributed by atoms with Gasteiger partial charge < -0.3 is 21.2 Å². The van der Waals surface area contributed by atoms with Crippen molar-refractivity contribution in [1.82, 2.24) is 25.7 Å². The highest BCUT2D eigenvalue weighted by atomic mass is 16.3. The lowest BCUT2D eigenvalue weighted by Crippen LogP contribution is -2.45. The SMILES string of the molecule is Cc1cnc(Nc2ccccc2)nc1C1=CNN(C(=O)NC(CO)c2ccccc2)C1. The summed E-state index contributed by atoms with van der Waals surface area (Å²) in [5.41, 5.74) is 7.25. The number of aliphatic hydroxyl groups excluding tert-OH is 1. The first-order valence-corrected chi connectivity index (χ1v) is 9.99. The van der Waals surface area contributed by atoms with Gasteiger partial charge in [0.05, 0.1) is 24.9 Å². The molecule has 0 spiro atoms. The van der Waals surface area contributed by atoms with Crippen LogP contribution in [0.3, 0.4) is 0 Å². The maximum atomic E-state index is 12.7. The van der Waals surface area contributed by atoms with Crippen molar-refractivity contribution in [3.05, 3.63) is 89.9 Å². The maximum absolute atomic E-state index is 12.7. The van der Waals surface area contributed by atoms with Crippen molar-refractivity contribution in [3.63, 3.8) is 0 Å². The molecule has 8 heteroatoms. The van der Waals surface area contributed by atoms with Crippen LogP contribution in [0.1, 0.15) is 22.9 Å². The summed E-state index contributed by atoms with van der Waals surface area (Å²) in [5, 5.41) is 17.2. The van der Waals surface area contributed by atoms with Crippen LogP contribution in [0.5, 0.6) is 0 Å². The number of rotatable bonds is 6. The van der Waals surface area contributed by atoms with E-state index in [0.717, 1.165) is 28.1 Å². The van der Waals surface area contributed by atoms with Crippen molar-refractivity contribution >= 4 is 23.2 Å². The Morgan fingerprint density at radius 2 is 1.87 bits per heavy atom. The average molecular weight is 416 g/mol. The molecule has 158 valence electrons. The van der Waals surface area contributed by atoms with Gasteiger partial charge >= 0.3 is 6.03 Å². The van der Waals surface area contributed by atoms with Crippen molar-refractivity contribution in [2.75, 3.05) is 18.5 Å². The van der Waals surface area contributed by atoms with Crippen molar-refractivity contribution < 1.29 is 9.90 Å². The minimum absolute atomic E-state index is 0.191. The van der Waals surface area contributed by atoms with Crippen LogP contribution in [0.2, 0.25) is 0 Å². The van der Waals surface area contributed by atoms with Crippen LogP contribution in [-0.2, 0) is 0 Å². The van der Waals surface area contributed by atoms with Crippen molar-refractivity contribution in [1.29, 1.82) is 0 Å². The summed E-state index contributed by atoms with van der Waals surface area (Å²) >= 11 is 0. The first-order valence-electron chi connectivity index (χ1n) is 9.99. The third-order valence-corrected chi connectivity index (χ3v) is 4.96. The van der Waals surface area contributed by atoms with Crippen LogP contribution in [0.25, 0.3) is 5.57 Å². The number of aryl methyl sites for hydroxylation is 1. The molecule has 1 atom stereocenters. The number of aromatic nitrogens is 2. The Morgan fingerprint density at radius 3 is 2.58 bits per heavy atom. The van der Waals surface area contributed by atoms with Gasteiger partial charge in [-0.15, -0.1) is 0 Å². The van der Waals surface area contributed by atoms with Gasteiger partial charge in [0.15, 0.2) is 0 Å². The Balaban J connectivity index is 1.43. The second kappa shape index (κ2) is 9.27. The van der Waals surface area contributed by atoms with Crippen molar-refractivity contribution in [2.45, 2.75) is 13.0 Å². The van der Waals surface area contributed by atoms with Gasteiger partial charge in [0.2, 0.25) is 5.95 Å². The molecule has 0 saturated carbocycles. The van der Waals surface area contributed by atoms with E-state index in [-0.39, 0.29) is 12.6 Å². The number of hydrogen-bond donors (Lipinski definition) is 4. The van der Waals surface area contributed by atoms with E-state index in [4.69, 9.17) is 0 Å². The van der Waals surface area contributed by atoms with E-state index in [2.05, 4.69) is 26.0 Å². The summed E-state index contributed by atoms with van der Waals surface area (Å²) in [4.78, 5) is 21.7. The summed E-state index contributed by atoms with van der Waals surface area (Å²) in [7, 11) is 0. The normalized spacial score (nSPS) is 13.9. The number of urea groups is 1. The van der Waals surface area contributed by atoms with E-state index in [9.17, 15) is 9.90 Å². The van der Waals surface area contributed by atoms with Gasteiger partial charge in [0.1, 0.15) is 0 Å². The molecule has 1 aromatic heterocycles. The fourth-order valence-corrected chi connectivity index (χ4v) is 3.32. The molecule has 1 unspecified atom stereocenters. The van der Waals surface area contributed by atoms with Gasteiger partial charge in [-0.3, -0.25) is 0 Å². The number of hydrogen-bond acceptors (Lipinski definition) is 6. The molecule has 4 rings (SSSR count). The molecule has 2 aromatic carbocycles. The average Bonchev–Trinajstić information content (AvgIpc) is 3.30. The van der Waals surface area contributed by atoms with Gasteiger partial charge in [-0.05, 0) is 30.2 Å². The molecule has 0 fully saturated rings. The zero-order valence-corrected chi connectivity index (χ0v) is 17.1. The third kappa shape index (κ3) is 4.81. The van der Waals surface area contributed by atoms with Gasteiger partial charge in [0.25, 0.3) is 0 Å². The highest BCUT2D eigenvalue weighted by Crippen LogP contribution is 2.23. The quantitative estimate of drug-likeness (QED) is 0.492. The summed E-state index contributed by atoms with van der Waals surface area (Å²) in [6.07, 6.45) is 3.52. The van der Waals surface area contributed by atoms with Crippen molar-refractivity contribution in [3.8, 4) is 0 Å². The second-order valence-corrected chi connectivity index (χ2v) is 7.20. The molecule has 0 saturated heterocycles. The van der Waals surface area contributed by atoms with E-state index in [0.29, 0.717) is 12.5 Å². The monoisotopic (exact) mass is 416 g/mol. The molecule has 8 nitrogen and oxygen atoms in total. The van der Waals surface area contributed by atoms with Crippen LogP contribution in [0.15, 0.2) is 73.1 Å². The predicted octanol–water partition coefficient (Wildman–Crippen LogP) is 3.13. The Bertz CT molecular complexity index is 1070.